The Kier molecular flexibility index (Phi) is 4.78. The number of nitrogens with zero attached hydrogens (tertiary/aromatic N) is 1. The first kappa shape index (κ1) is 8.96. The second-order valence-corrected chi connectivity index (χ2v) is 3.16. The molecule has 0 heterocycles. The summed E-state index contributed by atoms with van der Waals surface area (Å²) in [5.74, 6) is 0.866. The fourth-order valence-corrected chi connectivity index (χ4v) is 1.21. The molecular weight excluding hydrogens is 110 g/mol. The van der Waals surface area contributed by atoms with Gasteiger partial charge in [-0.15, -0.1) is 0 Å². The molecule has 56 valence electrons. The summed E-state index contributed by atoms with van der Waals surface area (Å²) >= 11 is 0. The van der Waals surface area contributed by atoms with E-state index in [-0.39, 0.29) is 0 Å². The lowest BCUT2D eigenvalue weighted by Crippen LogP contribution is -2.19. The van der Waals surface area contributed by atoms with E-state index in [0.717, 1.165) is 5.92 Å². The number of rotatable bonds is 4. The Hall–Kier alpha value is -0.0400. The molecule has 0 N–H and O–H groups in total. The average Bonchev–Trinajstić information content (AvgIpc) is 1.63. The first-order valence-corrected chi connectivity index (χ1v) is 3.81. The van der Waals surface area contributed by atoms with Crippen LogP contribution in [-0.2, 0) is 0 Å². The molecule has 0 aromatic rings. The predicted molar refractivity (Wildman–Crippen MR) is 42.6 cm³/mol. The minimum atomic E-state index is 0.866. The van der Waals surface area contributed by atoms with E-state index in [0.29, 0.717) is 0 Å². The molecule has 0 amide bonds. The van der Waals surface area contributed by atoms with Crippen molar-refractivity contribution in [2.45, 2.75) is 26.7 Å². The molecule has 1 unspecified atom stereocenters. The van der Waals surface area contributed by atoms with Crippen molar-refractivity contribution in [2.75, 3.05) is 20.6 Å². The lowest BCUT2D eigenvalue weighted by Gasteiger charge is -2.15. The van der Waals surface area contributed by atoms with Gasteiger partial charge in [0.2, 0.25) is 0 Å². The third kappa shape index (κ3) is 5.84. The maximum absolute atomic E-state index is 2.31. The van der Waals surface area contributed by atoms with Gasteiger partial charge in [-0.3, -0.25) is 0 Å². The number of hydrogen-bond donors (Lipinski definition) is 0. The Morgan fingerprint density at radius 3 is 2.22 bits per heavy atom. The van der Waals surface area contributed by atoms with Crippen LogP contribution >= 0.6 is 0 Å². The lowest BCUT2D eigenvalue weighted by molar-refractivity contribution is 0.326. The highest BCUT2D eigenvalue weighted by atomic mass is 15.1. The maximum atomic E-state index is 2.31. The SMILES string of the molecule is CCCC(C)CN(C)C. The Morgan fingerprint density at radius 1 is 1.33 bits per heavy atom. The summed E-state index contributed by atoms with van der Waals surface area (Å²) in [5, 5.41) is 0. The molecular formula is C8H19N. The van der Waals surface area contributed by atoms with Crippen molar-refractivity contribution in [2.24, 2.45) is 5.92 Å². The number of hydrogen-bond acceptors (Lipinski definition) is 1. The van der Waals surface area contributed by atoms with Gasteiger partial charge in [0.25, 0.3) is 0 Å². The molecule has 0 saturated heterocycles. The van der Waals surface area contributed by atoms with Crippen molar-refractivity contribution in [3.05, 3.63) is 0 Å². The average molecular weight is 129 g/mol. The van der Waals surface area contributed by atoms with Crippen LogP contribution in [0.5, 0.6) is 0 Å². The third-order valence-electron chi connectivity index (χ3n) is 1.46. The van der Waals surface area contributed by atoms with Gasteiger partial charge in [-0.05, 0) is 26.4 Å². The largest absolute Gasteiger partial charge is 0.309 e. The molecule has 0 aliphatic heterocycles. The summed E-state index contributed by atoms with van der Waals surface area (Å²) < 4.78 is 0. The van der Waals surface area contributed by atoms with Gasteiger partial charge in [0, 0.05) is 6.54 Å². The smallest absolute Gasteiger partial charge is 0.0000918 e. The summed E-state index contributed by atoms with van der Waals surface area (Å²) in [7, 11) is 4.26. The van der Waals surface area contributed by atoms with Crippen molar-refractivity contribution in [3.63, 3.8) is 0 Å². The first-order chi connectivity index (χ1) is 4.16. The van der Waals surface area contributed by atoms with Gasteiger partial charge < -0.3 is 4.90 Å². The van der Waals surface area contributed by atoms with Gasteiger partial charge in [-0.1, -0.05) is 20.3 Å². The zero-order valence-corrected chi connectivity index (χ0v) is 7.15. The summed E-state index contributed by atoms with van der Waals surface area (Å²) in [6, 6.07) is 0. The topological polar surface area (TPSA) is 3.24 Å². The van der Waals surface area contributed by atoms with Crippen LogP contribution in [0.15, 0.2) is 0 Å². The molecule has 1 nitrogen and oxygen atoms in total. The maximum Gasteiger partial charge on any atom is 0.0000918 e. The van der Waals surface area contributed by atoms with E-state index in [9.17, 15) is 0 Å². The molecule has 0 bridgehead atoms. The van der Waals surface area contributed by atoms with E-state index in [1.54, 1.807) is 0 Å². The summed E-state index contributed by atoms with van der Waals surface area (Å²) in [6.45, 7) is 5.78. The second-order valence-electron chi connectivity index (χ2n) is 3.16. The Bertz CT molecular complexity index is 59.6. The Labute approximate surface area is 59.1 Å². The Balaban J connectivity index is 3.15. The van der Waals surface area contributed by atoms with Crippen LogP contribution in [-0.4, -0.2) is 25.5 Å². The molecule has 0 saturated carbocycles. The highest BCUT2D eigenvalue weighted by molar-refractivity contribution is 4.54. The van der Waals surface area contributed by atoms with Crippen LogP contribution in [0.3, 0.4) is 0 Å². The first-order valence-electron chi connectivity index (χ1n) is 3.81. The standard InChI is InChI=1S/C8H19N/c1-5-6-8(2)7-9(3)4/h8H,5-7H2,1-4H3. The van der Waals surface area contributed by atoms with Crippen LogP contribution in [0.4, 0.5) is 0 Å². The molecule has 0 rings (SSSR count). The van der Waals surface area contributed by atoms with Gasteiger partial charge in [-0.2, -0.15) is 0 Å². The molecule has 0 aliphatic carbocycles. The molecule has 9 heavy (non-hydrogen) atoms. The summed E-state index contributed by atoms with van der Waals surface area (Å²) in [4.78, 5) is 2.25. The molecule has 1 heteroatoms. The minimum Gasteiger partial charge on any atom is -0.309 e. The highest BCUT2D eigenvalue weighted by Crippen LogP contribution is 2.04. The second kappa shape index (κ2) is 4.80. The molecule has 0 spiro atoms. The molecule has 0 aliphatic rings. The molecule has 0 aromatic heterocycles. The van der Waals surface area contributed by atoms with E-state index in [4.69, 9.17) is 0 Å². The van der Waals surface area contributed by atoms with Crippen LogP contribution in [0.1, 0.15) is 26.7 Å². The monoisotopic (exact) mass is 129 g/mol. The van der Waals surface area contributed by atoms with Crippen molar-refractivity contribution in [1.29, 1.82) is 0 Å². The predicted octanol–water partition coefficient (Wildman–Crippen LogP) is 1.98. The van der Waals surface area contributed by atoms with E-state index in [2.05, 4.69) is 32.8 Å². The third-order valence-corrected chi connectivity index (χ3v) is 1.46. The van der Waals surface area contributed by atoms with Gasteiger partial charge in [0.15, 0.2) is 0 Å². The zero-order chi connectivity index (χ0) is 7.28. The van der Waals surface area contributed by atoms with Gasteiger partial charge in [0.1, 0.15) is 0 Å². The summed E-state index contributed by atoms with van der Waals surface area (Å²) in [6.07, 6.45) is 2.67. The van der Waals surface area contributed by atoms with Crippen molar-refractivity contribution in [1.82, 2.24) is 4.90 Å². The van der Waals surface area contributed by atoms with E-state index >= 15 is 0 Å². The fourth-order valence-electron chi connectivity index (χ4n) is 1.21. The van der Waals surface area contributed by atoms with Crippen LogP contribution in [0, 0.1) is 5.92 Å². The fraction of sp³-hybridized carbons (Fsp3) is 1.00. The zero-order valence-electron chi connectivity index (χ0n) is 7.15. The minimum absolute atomic E-state index is 0.866. The quantitative estimate of drug-likeness (QED) is 0.561. The normalized spacial score (nSPS) is 14.3. The van der Waals surface area contributed by atoms with Crippen molar-refractivity contribution in [3.8, 4) is 0 Å². The Morgan fingerprint density at radius 2 is 1.89 bits per heavy atom. The molecule has 0 fully saturated rings. The summed E-state index contributed by atoms with van der Waals surface area (Å²) in [5.41, 5.74) is 0. The van der Waals surface area contributed by atoms with E-state index in [1.807, 2.05) is 0 Å². The highest BCUT2D eigenvalue weighted by Gasteiger charge is 1.99. The molecule has 0 radical (unpaired) electrons. The van der Waals surface area contributed by atoms with Crippen molar-refractivity contribution < 1.29 is 0 Å². The molecule has 1 atom stereocenters. The van der Waals surface area contributed by atoms with Crippen molar-refractivity contribution >= 4 is 0 Å². The van der Waals surface area contributed by atoms with E-state index in [1.165, 1.54) is 19.4 Å². The van der Waals surface area contributed by atoms with Crippen LogP contribution < -0.4 is 0 Å². The molecule has 0 aromatic carbocycles. The van der Waals surface area contributed by atoms with Gasteiger partial charge >= 0.3 is 0 Å². The lowest BCUT2D eigenvalue weighted by atomic mass is 10.1. The van der Waals surface area contributed by atoms with Gasteiger partial charge in [0.05, 0.1) is 0 Å². The van der Waals surface area contributed by atoms with Crippen LogP contribution in [0.25, 0.3) is 0 Å². The van der Waals surface area contributed by atoms with E-state index < -0.39 is 0 Å². The van der Waals surface area contributed by atoms with Gasteiger partial charge in [-0.25, -0.2) is 0 Å². The van der Waals surface area contributed by atoms with Crippen LogP contribution in [0.2, 0.25) is 0 Å².